The number of nitro benzene ring substituents is 1. The van der Waals surface area contributed by atoms with Gasteiger partial charge in [0.25, 0.3) is 5.69 Å². The van der Waals surface area contributed by atoms with Crippen molar-refractivity contribution in [2.75, 3.05) is 11.1 Å². The fourth-order valence-electron chi connectivity index (χ4n) is 3.59. The summed E-state index contributed by atoms with van der Waals surface area (Å²) < 4.78 is 2.03. The maximum atomic E-state index is 12.4. The maximum Gasteiger partial charge on any atom is 0.289 e. The Morgan fingerprint density at radius 1 is 1.22 bits per heavy atom. The molecule has 1 aromatic heterocycles. The third-order valence-corrected chi connectivity index (χ3v) is 6.78. The van der Waals surface area contributed by atoms with E-state index in [4.69, 9.17) is 23.2 Å². The number of carbonyl (C=O) groups is 1. The van der Waals surface area contributed by atoms with E-state index in [-0.39, 0.29) is 22.4 Å². The van der Waals surface area contributed by atoms with Crippen LogP contribution in [0.25, 0.3) is 0 Å². The fourth-order valence-corrected chi connectivity index (χ4v) is 4.72. The van der Waals surface area contributed by atoms with Gasteiger partial charge in [-0.1, -0.05) is 47.1 Å². The predicted molar refractivity (Wildman–Crippen MR) is 125 cm³/mol. The Kier molecular flexibility index (Phi) is 6.68. The number of nitrogens with one attached hydrogen (secondary N) is 1. The molecule has 0 radical (unpaired) electrons. The second-order valence-corrected chi connectivity index (χ2v) is 9.13. The minimum atomic E-state index is -0.590. The van der Waals surface area contributed by atoms with Crippen molar-refractivity contribution in [1.82, 2.24) is 14.8 Å². The second kappa shape index (κ2) is 9.48. The van der Waals surface area contributed by atoms with Gasteiger partial charge in [0.15, 0.2) is 5.16 Å². The molecule has 8 nitrogen and oxygen atoms in total. The normalized spacial score (nSPS) is 17.2. The van der Waals surface area contributed by atoms with Gasteiger partial charge < -0.3 is 9.88 Å². The number of nitrogens with zero attached hydrogens (tertiary/aromatic N) is 4. The summed E-state index contributed by atoms with van der Waals surface area (Å²) in [4.78, 5) is 22.8. The molecular weight excluding hydrogens is 473 g/mol. The van der Waals surface area contributed by atoms with E-state index >= 15 is 0 Å². The van der Waals surface area contributed by atoms with Crippen molar-refractivity contribution >= 4 is 52.2 Å². The quantitative estimate of drug-likeness (QED) is 0.253. The van der Waals surface area contributed by atoms with Crippen LogP contribution in [0.5, 0.6) is 0 Å². The Balaban J connectivity index is 1.39. The van der Waals surface area contributed by atoms with Crippen LogP contribution in [0.4, 0.5) is 11.4 Å². The summed E-state index contributed by atoms with van der Waals surface area (Å²) >= 11 is 13.1. The minimum Gasteiger partial charge on any atom is -0.325 e. The van der Waals surface area contributed by atoms with Crippen LogP contribution < -0.4 is 5.32 Å². The van der Waals surface area contributed by atoms with E-state index in [9.17, 15) is 14.9 Å². The van der Waals surface area contributed by atoms with Crippen LogP contribution in [0, 0.1) is 10.1 Å². The lowest BCUT2D eigenvalue weighted by Crippen LogP contribution is -2.15. The summed E-state index contributed by atoms with van der Waals surface area (Å²) in [6.45, 7) is 2.71. The third-order valence-electron chi connectivity index (χ3n) is 5.24. The van der Waals surface area contributed by atoms with E-state index in [0.29, 0.717) is 34.2 Å². The van der Waals surface area contributed by atoms with Crippen LogP contribution in [-0.4, -0.2) is 31.3 Å². The molecule has 0 saturated heterocycles. The number of anilines is 1. The van der Waals surface area contributed by atoms with E-state index < -0.39 is 4.92 Å². The highest BCUT2D eigenvalue weighted by Gasteiger charge is 2.43. The van der Waals surface area contributed by atoms with Crippen LogP contribution in [0.15, 0.2) is 47.6 Å². The highest BCUT2D eigenvalue weighted by atomic mass is 35.5. The molecule has 1 saturated carbocycles. The SMILES string of the molecule is CCn1c(SCC(=O)Nc2ccc(Cl)c([N+](=O)[O-])c2)nnc1[C@@H]1C[C@H]1c1ccc(Cl)cc1. The van der Waals surface area contributed by atoms with Gasteiger partial charge >= 0.3 is 0 Å². The third kappa shape index (κ3) is 4.90. The highest BCUT2D eigenvalue weighted by molar-refractivity contribution is 7.99. The average molecular weight is 492 g/mol. The predicted octanol–water partition coefficient (Wildman–Crippen LogP) is 5.51. The Morgan fingerprint density at radius 2 is 1.97 bits per heavy atom. The lowest BCUT2D eigenvalue weighted by atomic mass is 10.1. The number of amides is 1. The van der Waals surface area contributed by atoms with Crippen molar-refractivity contribution in [3.63, 3.8) is 0 Å². The summed E-state index contributed by atoms with van der Waals surface area (Å²) in [6, 6.07) is 12.0. The maximum absolute atomic E-state index is 12.4. The number of rotatable bonds is 8. The van der Waals surface area contributed by atoms with E-state index in [1.807, 2.05) is 35.8 Å². The molecule has 0 aliphatic heterocycles. The molecule has 1 amide bonds. The van der Waals surface area contributed by atoms with Crippen LogP contribution in [0.2, 0.25) is 10.0 Å². The Labute approximate surface area is 198 Å². The standard InChI is InChI=1S/C21H19Cl2N5O3S/c1-2-27-20(16-10-15(16)12-3-5-13(22)6-4-12)25-26-21(27)32-11-19(29)24-14-7-8-17(23)18(9-14)28(30)31/h3-9,15-16H,2,10-11H2,1H3,(H,24,29)/t15-,16+/m0/s1. The lowest BCUT2D eigenvalue weighted by Gasteiger charge is -2.08. The smallest absolute Gasteiger partial charge is 0.289 e. The van der Waals surface area contributed by atoms with Gasteiger partial charge in [0.2, 0.25) is 5.91 Å². The summed E-state index contributed by atoms with van der Waals surface area (Å²) in [5.41, 5.74) is 1.29. The van der Waals surface area contributed by atoms with Crippen LogP contribution >= 0.6 is 35.0 Å². The molecule has 11 heteroatoms. The van der Waals surface area contributed by atoms with Crippen LogP contribution in [0.1, 0.15) is 36.6 Å². The molecule has 0 unspecified atom stereocenters. The number of benzene rings is 2. The summed E-state index contributed by atoms with van der Waals surface area (Å²) in [5.74, 6) is 1.40. The molecule has 1 heterocycles. The average Bonchev–Trinajstić information content (AvgIpc) is 3.45. The van der Waals surface area contributed by atoms with Crippen molar-refractivity contribution in [3.05, 3.63) is 74.0 Å². The number of nitro groups is 1. The van der Waals surface area contributed by atoms with E-state index in [2.05, 4.69) is 15.5 Å². The van der Waals surface area contributed by atoms with Gasteiger partial charge in [-0.05, 0) is 49.1 Å². The van der Waals surface area contributed by atoms with E-state index in [1.165, 1.54) is 35.5 Å². The van der Waals surface area contributed by atoms with E-state index in [0.717, 1.165) is 12.2 Å². The number of hydrogen-bond donors (Lipinski definition) is 1. The van der Waals surface area contributed by atoms with Crippen molar-refractivity contribution in [3.8, 4) is 0 Å². The number of carbonyl (C=O) groups excluding carboxylic acids is 1. The molecule has 2 atom stereocenters. The van der Waals surface area contributed by atoms with Gasteiger partial charge in [-0.3, -0.25) is 14.9 Å². The van der Waals surface area contributed by atoms with Gasteiger partial charge in [0.1, 0.15) is 10.8 Å². The van der Waals surface area contributed by atoms with Crippen molar-refractivity contribution < 1.29 is 9.72 Å². The molecule has 2 aromatic carbocycles. The Morgan fingerprint density at radius 3 is 2.66 bits per heavy atom. The first kappa shape index (κ1) is 22.6. The van der Waals surface area contributed by atoms with Crippen LogP contribution in [-0.2, 0) is 11.3 Å². The first-order valence-corrected chi connectivity index (χ1v) is 11.7. The first-order chi connectivity index (χ1) is 15.4. The molecule has 1 N–H and O–H groups in total. The molecule has 4 rings (SSSR count). The molecule has 32 heavy (non-hydrogen) atoms. The van der Waals surface area contributed by atoms with Gasteiger partial charge in [0, 0.05) is 29.2 Å². The number of hydrogen-bond acceptors (Lipinski definition) is 6. The fraction of sp³-hybridized carbons (Fsp3) is 0.286. The summed E-state index contributed by atoms with van der Waals surface area (Å²) in [5, 5.41) is 23.7. The molecular formula is C21H19Cl2N5O3S. The number of aromatic nitrogens is 3. The van der Waals surface area contributed by atoms with Crippen LogP contribution in [0.3, 0.4) is 0 Å². The second-order valence-electron chi connectivity index (χ2n) is 7.35. The van der Waals surface area contributed by atoms with Gasteiger partial charge in [0.05, 0.1) is 10.7 Å². The van der Waals surface area contributed by atoms with Crippen molar-refractivity contribution in [2.45, 2.75) is 36.9 Å². The van der Waals surface area contributed by atoms with Gasteiger partial charge in [-0.15, -0.1) is 10.2 Å². The molecule has 166 valence electrons. The van der Waals surface area contributed by atoms with Gasteiger partial charge in [-0.25, -0.2) is 0 Å². The van der Waals surface area contributed by atoms with Crippen molar-refractivity contribution in [1.29, 1.82) is 0 Å². The van der Waals surface area contributed by atoms with Gasteiger partial charge in [-0.2, -0.15) is 0 Å². The highest BCUT2D eigenvalue weighted by Crippen LogP contribution is 2.54. The number of halogens is 2. The summed E-state index contributed by atoms with van der Waals surface area (Å²) in [6.07, 6.45) is 1.00. The zero-order valence-electron chi connectivity index (χ0n) is 17.0. The molecule has 0 bridgehead atoms. The summed E-state index contributed by atoms with van der Waals surface area (Å²) in [7, 11) is 0. The minimum absolute atomic E-state index is 0.0166. The zero-order valence-corrected chi connectivity index (χ0v) is 19.3. The molecule has 3 aromatic rings. The largest absolute Gasteiger partial charge is 0.325 e. The topological polar surface area (TPSA) is 103 Å². The zero-order chi connectivity index (χ0) is 22.8. The monoisotopic (exact) mass is 491 g/mol. The molecule has 1 aliphatic rings. The molecule has 0 spiro atoms. The molecule has 1 fully saturated rings. The first-order valence-electron chi connectivity index (χ1n) is 9.92. The Bertz CT molecular complexity index is 1170. The van der Waals surface area contributed by atoms with E-state index in [1.54, 1.807) is 0 Å². The Hall–Kier alpha value is -2.62. The van der Waals surface area contributed by atoms with Crippen molar-refractivity contribution in [2.24, 2.45) is 0 Å². The lowest BCUT2D eigenvalue weighted by molar-refractivity contribution is -0.384. The molecule has 1 aliphatic carbocycles. The number of thioether (sulfide) groups is 1.